The van der Waals surface area contributed by atoms with Gasteiger partial charge >= 0.3 is 0 Å². The van der Waals surface area contributed by atoms with Gasteiger partial charge in [0, 0.05) is 50.3 Å². The van der Waals surface area contributed by atoms with Crippen LogP contribution in [0.3, 0.4) is 0 Å². The summed E-state index contributed by atoms with van der Waals surface area (Å²) in [5.74, 6) is 1.40. The van der Waals surface area contributed by atoms with Gasteiger partial charge in [0.25, 0.3) is 5.56 Å². The van der Waals surface area contributed by atoms with Crippen molar-refractivity contribution in [2.75, 3.05) is 30.4 Å². The minimum Gasteiger partial charge on any atom is -0.497 e. The average Bonchev–Trinajstić information content (AvgIpc) is 2.58. The zero-order valence-electron chi connectivity index (χ0n) is 13.5. The predicted octanol–water partition coefficient (Wildman–Crippen LogP) is 1.87. The van der Waals surface area contributed by atoms with Gasteiger partial charge in [-0.25, -0.2) is 4.98 Å². The lowest BCUT2D eigenvalue weighted by atomic mass is 10.0. The molecule has 0 spiro atoms. The largest absolute Gasteiger partial charge is 0.497 e. The van der Waals surface area contributed by atoms with Gasteiger partial charge in [0.15, 0.2) is 5.82 Å². The first-order chi connectivity index (χ1) is 11.2. The number of benzene rings is 1. The van der Waals surface area contributed by atoms with Crippen LogP contribution >= 0.6 is 0 Å². The van der Waals surface area contributed by atoms with E-state index in [1.807, 2.05) is 24.3 Å². The van der Waals surface area contributed by atoms with Crippen LogP contribution in [0.5, 0.6) is 5.75 Å². The Kier molecular flexibility index (Phi) is 4.50. The molecule has 2 aromatic rings. The topological polar surface area (TPSA) is 59.4 Å². The lowest BCUT2D eigenvalue weighted by molar-refractivity contribution is 0.415. The minimum absolute atomic E-state index is 0.0355. The van der Waals surface area contributed by atoms with E-state index in [0.717, 1.165) is 37.4 Å². The van der Waals surface area contributed by atoms with Crippen molar-refractivity contribution in [3.63, 3.8) is 0 Å². The van der Waals surface area contributed by atoms with E-state index in [1.165, 1.54) is 0 Å². The number of hydrogen-bond donors (Lipinski definition) is 1. The number of rotatable bonds is 4. The molecule has 0 aliphatic carbocycles. The molecule has 23 heavy (non-hydrogen) atoms. The Balaban J connectivity index is 1.62. The Labute approximate surface area is 135 Å². The number of aromatic nitrogens is 2. The fourth-order valence-electron chi connectivity index (χ4n) is 2.89. The molecule has 6 heteroatoms. The molecule has 122 valence electrons. The summed E-state index contributed by atoms with van der Waals surface area (Å²) in [6.07, 6.45) is 5.30. The smallest absolute Gasteiger partial charge is 0.293 e. The number of piperidine rings is 1. The lowest BCUT2D eigenvalue weighted by Gasteiger charge is -2.33. The molecule has 0 saturated carbocycles. The minimum atomic E-state index is -0.0355. The average molecular weight is 314 g/mol. The van der Waals surface area contributed by atoms with Crippen LogP contribution in [0.25, 0.3) is 0 Å². The van der Waals surface area contributed by atoms with Gasteiger partial charge in [0.1, 0.15) is 5.75 Å². The molecule has 1 fully saturated rings. The molecule has 0 unspecified atom stereocenters. The number of anilines is 2. The van der Waals surface area contributed by atoms with Crippen molar-refractivity contribution >= 4 is 11.5 Å². The van der Waals surface area contributed by atoms with E-state index in [0.29, 0.717) is 11.9 Å². The standard InChI is InChI=1S/C17H22N4O2/c1-20-11-8-18-16(17(20)22)21-9-6-13(7-10-21)19-14-4-3-5-15(12-14)23-2/h3-5,8,11-13,19H,6-7,9-10H2,1-2H3. The van der Waals surface area contributed by atoms with Crippen molar-refractivity contribution in [3.8, 4) is 5.75 Å². The molecule has 1 aromatic heterocycles. The van der Waals surface area contributed by atoms with Crippen LogP contribution in [0, 0.1) is 0 Å². The van der Waals surface area contributed by atoms with Crippen molar-refractivity contribution < 1.29 is 4.74 Å². The van der Waals surface area contributed by atoms with E-state index in [2.05, 4.69) is 15.2 Å². The monoisotopic (exact) mass is 314 g/mol. The Morgan fingerprint density at radius 3 is 2.83 bits per heavy atom. The van der Waals surface area contributed by atoms with Gasteiger partial charge in [-0.15, -0.1) is 0 Å². The fraction of sp³-hybridized carbons (Fsp3) is 0.412. The highest BCUT2D eigenvalue weighted by molar-refractivity contribution is 5.49. The van der Waals surface area contributed by atoms with Crippen LogP contribution in [-0.2, 0) is 7.05 Å². The predicted molar refractivity (Wildman–Crippen MR) is 91.3 cm³/mol. The molecule has 0 bridgehead atoms. The van der Waals surface area contributed by atoms with Crippen molar-refractivity contribution in [2.45, 2.75) is 18.9 Å². The third kappa shape index (κ3) is 3.47. The van der Waals surface area contributed by atoms with E-state index < -0.39 is 0 Å². The molecule has 1 aliphatic rings. The summed E-state index contributed by atoms with van der Waals surface area (Å²) in [6, 6.07) is 8.36. The summed E-state index contributed by atoms with van der Waals surface area (Å²) in [5, 5.41) is 3.54. The lowest BCUT2D eigenvalue weighted by Crippen LogP contribution is -2.42. The van der Waals surface area contributed by atoms with Crippen molar-refractivity contribution in [2.24, 2.45) is 7.05 Å². The van der Waals surface area contributed by atoms with Crippen LogP contribution in [0.2, 0.25) is 0 Å². The van der Waals surface area contributed by atoms with Gasteiger partial charge in [-0.1, -0.05) is 6.07 Å². The van der Waals surface area contributed by atoms with Gasteiger partial charge in [0.2, 0.25) is 0 Å². The Morgan fingerprint density at radius 1 is 1.30 bits per heavy atom. The molecule has 1 N–H and O–H groups in total. The number of nitrogens with zero attached hydrogens (tertiary/aromatic N) is 3. The molecule has 1 saturated heterocycles. The second-order valence-electron chi connectivity index (χ2n) is 5.80. The summed E-state index contributed by atoms with van der Waals surface area (Å²) in [5.41, 5.74) is 1.03. The van der Waals surface area contributed by atoms with E-state index >= 15 is 0 Å². The van der Waals surface area contributed by atoms with Gasteiger partial charge in [-0.2, -0.15) is 0 Å². The highest BCUT2D eigenvalue weighted by Gasteiger charge is 2.22. The van der Waals surface area contributed by atoms with Crippen LogP contribution < -0.4 is 20.5 Å². The summed E-state index contributed by atoms with van der Waals surface area (Å²) in [4.78, 5) is 18.5. The summed E-state index contributed by atoms with van der Waals surface area (Å²) < 4.78 is 6.82. The SMILES string of the molecule is COc1cccc(NC2CCN(c3nccn(C)c3=O)CC2)c1. The normalized spacial score (nSPS) is 15.5. The third-order valence-corrected chi connectivity index (χ3v) is 4.23. The highest BCUT2D eigenvalue weighted by atomic mass is 16.5. The van der Waals surface area contributed by atoms with Gasteiger partial charge in [-0.3, -0.25) is 4.79 Å². The first-order valence-electron chi connectivity index (χ1n) is 7.84. The van der Waals surface area contributed by atoms with Gasteiger partial charge < -0.3 is 19.5 Å². The first kappa shape index (κ1) is 15.4. The summed E-state index contributed by atoms with van der Waals surface area (Å²) in [6.45, 7) is 1.65. The number of ether oxygens (including phenoxy) is 1. The fourth-order valence-corrected chi connectivity index (χ4v) is 2.89. The molecule has 0 atom stereocenters. The number of nitrogens with one attached hydrogen (secondary N) is 1. The highest BCUT2D eigenvalue weighted by Crippen LogP contribution is 2.21. The number of hydrogen-bond acceptors (Lipinski definition) is 5. The molecule has 0 amide bonds. The summed E-state index contributed by atoms with van der Waals surface area (Å²) >= 11 is 0. The summed E-state index contributed by atoms with van der Waals surface area (Å²) in [7, 11) is 3.43. The van der Waals surface area contributed by atoms with E-state index in [1.54, 1.807) is 31.1 Å². The molecule has 2 heterocycles. The van der Waals surface area contributed by atoms with Gasteiger partial charge in [-0.05, 0) is 25.0 Å². The van der Waals surface area contributed by atoms with Crippen LogP contribution in [-0.4, -0.2) is 35.8 Å². The van der Waals surface area contributed by atoms with Crippen molar-refractivity contribution in [1.82, 2.24) is 9.55 Å². The quantitative estimate of drug-likeness (QED) is 0.933. The van der Waals surface area contributed by atoms with Crippen LogP contribution in [0.15, 0.2) is 41.5 Å². The first-order valence-corrected chi connectivity index (χ1v) is 7.84. The molecule has 3 rings (SSSR count). The molecular weight excluding hydrogens is 292 g/mol. The van der Waals surface area contributed by atoms with Crippen molar-refractivity contribution in [1.29, 1.82) is 0 Å². The molecule has 0 radical (unpaired) electrons. The Bertz CT molecular complexity index is 721. The van der Waals surface area contributed by atoms with E-state index in [9.17, 15) is 4.79 Å². The second kappa shape index (κ2) is 6.73. The molecule has 6 nitrogen and oxygen atoms in total. The Morgan fingerprint density at radius 2 is 2.09 bits per heavy atom. The number of aryl methyl sites for hydroxylation is 1. The maximum Gasteiger partial charge on any atom is 0.293 e. The van der Waals surface area contributed by atoms with Crippen molar-refractivity contribution in [3.05, 3.63) is 47.0 Å². The zero-order chi connectivity index (χ0) is 16.2. The van der Waals surface area contributed by atoms with Gasteiger partial charge in [0.05, 0.1) is 7.11 Å². The Hall–Kier alpha value is -2.50. The second-order valence-corrected chi connectivity index (χ2v) is 5.80. The van der Waals surface area contributed by atoms with Crippen LogP contribution in [0.4, 0.5) is 11.5 Å². The zero-order valence-corrected chi connectivity index (χ0v) is 13.5. The van der Waals surface area contributed by atoms with Crippen LogP contribution in [0.1, 0.15) is 12.8 Å². The van der Waals surface area contributed by atoms with E-state index in [4.69, 9.17) is 4.74 Å². The molecule has 1 aromatic carbocycles. The maximum absolute atomic E-state index is 12.1. The molecule has 1 aliphatic heterocycles. The van der Waals surface area contributed by atoms with E-state index in [-0.39, 0.29) is 5.56 Å². The third-order valence-electron chi connectivity index (χ3n) is 4.23. The number of methoxy groups -OCH3 is 1. The molecular formula is C17H22N4O2. The maximum atomic E-state index is 12.1.